The molecule has 0 aromatic heterocycles. The molecule has 0 spiro atoms. The second kappa shape index (κ2) is 6.64. The third-order valence-electron chi connectivity index (χ3n) is 3.20. The van der Waals surface area contributed by atoms with Crippen LogP contribution >= 0.6 is 11.6 Å². The highest BCUT2D eigenvalue weighted by Crippen LogP contribution is 2.41. The minimum Gasteiger partial charge on any atom is -0.495 e. The molecule has 0 atom stereocenters. The molecule has 0 aliphatic heterocycles. The first-order valence-corrected chi connectivity index (χ1v) is 6.93. The fraction of sp³-hybridized carbons (Fsp3) is 0.235. The Morgan fingerprint density at radius 2 is 1.71 bits per heavy atom. The van der Waals surface area contributed by atoms with Crippen LogP contribution in [0, 0.1) is 0 Å². The van der Waals surface area contributed by atoms with Crippen molar-refractivity contribution in [1.82, 2.24) is 0 Å². The van der Waals surface area contributed by atoms with Gasteiger partial charge in [0.05, 0.1) is 14.2 Å². The number of carbonyl (C=O) groups is 1. The fourth-order valence-electron chi connectivity index (χ4n) is 2.21. The third kappa shape index (κ3) is 3.37. The smallest absolute Gasteiger partial charge is 0.149 e. The molecular weight excluding hydrogens is 288 g/mol. The van der Waals surface area contributed by atoms with Crippen LogP contribution in [0.1, 0.15) is 12.5 Å². The van der Waals surface area contributed by atoms with E-state index in [0.717, 1.165) is 16.7 Å². The maximum Gasteiger partial charge on any atom is 0.149 e. The molecule has 0 aliphatic carbocycles. The van der Waals surface area contributed by atoms with Gasteiger partial charge in [0.2, 0.25) is 0 Å². The predicted octanol–water partition coefficient (Wildman–Crippen LogP) is 4.16. The minimum atomic E-state index is 0.146. The first-order chi connectivity index (χ1) is 10.1. The van der Waals surface area contributed by atoms with Crippen LogP contribution in [0.3, 0.4) is 0 Å². The highest BCUT2D eigenvalue weighted by atomic mass is 35.5. The molecule has 2 aromatic rings. The molecular formula is C17H17ClO3. The molecule has 0 bridgehead atoms. The van der Waals surface area contributed by atoms with Gasteiger partial charge in [0.1, 0.15) is 22.3 Å². The Balaban J connectivity index is 2.42. The monoisotopic (exact) mass is 304 g/mol. The topological polar surface area (TPSA) is 35.5 Å². The van der Waals surface area contributed by atoms with Gasteiger partial charge in [-0.05, 0) is 30.2 Å². The Morgan fingerprint density at radius 3 is 2.24 bits per heavy atom. The molecule has 0 saturated heterocycles. The Bertz CT molecular complexity index is 648. The van der Waals surface area contributed by atoms with Crippen LogP contribution in [0.15, 0.2) is 36.4 Å². The van der Waals surface area contributed by atoms with E-state index in [1.807, 2.05) is 36.4 Å². The summed E-state index contributed by atoms with van der Waals surface area (Å²) in [5.41, 5.74) is 2.85. The summed E-state index contributed by atoms with van der Waals surface area (Å²) in [5.74, 6) is 1.30. The summed E-state index contributed by atoms with van der Waals surface area (Å²) in [4.78, 5) is 11.1. The number of ketones is 1. The second-order valence-corrected chi connectivity index (χ2v) is 5.12. The molecule has 0 heterocycles. The zero-order valence-corrected chi connectivity index (χ0v) is 13.0. The molecule has 0 saturated carbocycles. The number of hydrogen-bond donors (Lipinski definition) is 0. The lowest BCUT2D eigenvalue weighted by Crippen LogP contribution is -1.96. The van der Waals surface area contributed by atoms with Crippen molar-refractivity contribution in [2.24, 2.45) is 0 Å². The summed E-state index contributed by atoms with van der Waals surface area (Å²) in [6.45, 7) is 1.58. The van der Waals surface area contributed by atoms with Crippen LogP contribution in [0.2, 0.25) is 5.02 Å². The Hall–Kier alpha value is -2.00. The molecule has 110 valence electrons. The van der Waals surface area contributed by atoms with Gasteiger partial charge in [-0.3, -0.25) is 4.79 Å². The van der Waals surface area contributed by atoms with Gasteiger partial charge in [-0.15, -0.1) is 0 Å². The lowest BCUT2D eigenvalue weighted by molar-refractivity contribution is -0.116. The van der Waals surface area contributed by atoms with Crippen LogP contribution in [-0.4, -0.2) is 20.0 Å². The fourth-order valence-corrected chi connectivity index (χ4v) is 2.53. The highest BCUT2D eigenvalue weighted by Gasteiger charge is 2.14. The SMILES string of the molecule is COc1ccc(-c2ccc(CC(C)=O)cc2)c(OC)c1Cl. The molecule has 0 unspecified atom stereocenters. The first-order valence-electron chi connectivity index (χ1n) is 6.56. The average Bonchev–Trinajstić information content (AvgIpc) is 2.47. The maximum absolute atomic E-state index is 11.1. The largest absolute Gasteiger partial charge is 0.495 e. The van der Waals surface area contributed by atoms with E-state index in [-0.39, 0.29) is 5.78 Å². The highest BCUT2D eigenvalue weighted by molar-refractivity contribution is 6.34. The molecule has 0 amide bonds. The Morgan fingerprint density at radius 1 is 1.05 bits per heavy atom. The number of ether oxygens (including phenoxy) is 2. The van der Waals surface area contributed by atoms with Gasteiger partial charge >= 0.3 is 0 Å². The molecule has 3 nitrogen and oxygen atoms in total. The number of halogens is 1. The van der Waals surface area contributed by atoms with Crippen LogP contribution < -0.4 is 9.47 Å². The molecule has 0 radical (unpaired) electrons. The van der Waals surface area contributed by atoms with Gasteiger partial charge in [-0.25, -0.2) is 0 Å². The quantitative estimate of drug-likeness (QED) is 0.832. The number of Topliss-reactive ketones (excluding diaryl/α,β-unsaturated/α-hetero) is 1. The van der Waals surface area contributed by atoms with Gasteiger partial charge in [0, 0.05) is 12.0 Å². The van der Waals surface area contributed by atoms with Crippen molar-refractivity contribution < 1.29 is 14.3 Å². The number of methoxy groups -OCH3 is 2. The lowest BCUT2D eigenvalue weighted by Gasteiger charge is -2.13. The molecule has 0 N–H and O–H groups in total. The molecule has 2 rings (SSSR count). The van der Waals surface area contributed by atoms with Crippen LogP contribution in [0.4, 0.5) is 0 Å². The van der Waals surface area contributed by atoms with Crippen molar-refractivity contribution in [3.8, 4) is 22.6 Å². The van der Waals surface area contributed by atoms with Crippen LogP contribution in [0.25, 0.3) is 11.1 Å². The van der Waals surface area contributed by atoms with Gasteiger partial charge in [0.15, 0.2) is 0 Å². The summed E-state index contributed by atoms with van der Waals surface area (Å²) in [7, 11) is 3.14. The van der Waals surface area contributed by atoms with Crippen LogP contribution in [0.5, 0.6) is 11.5 Å². The van der Waals surface area contributed by atoms with E-state index < -0.39 is 0 Å². The number of hydrogen-bond acceptors (Lipinski definition) is 3. The van der Waals surface area contributed by atoms with Crippen molar-refractivity contribution in [3.63, 3.8) is 0 Å². The lowest BCUT2D eigenvalue weighted by atomic mass is 10.0. The maximum atomic E-state index is 11.1. The minimum absolute atomic E-state index is 0.146. The molecule has 0 fully saturated rings. The van der Waals surface area contributed by atoms with Gasteiger partial charge in [-0.1, -0.05) is 35.9 Å². The van der Waals surface area contributed by atoms with E-state index in [0.29, 0.717) is 22.9 Å². The van der Waals surface area contributed by atoms with E-state index in [1.54, 1.807) is 21.1 Å². The van der Waals surface area contributed by atoms with Gasteiger partial charge in [0.25, 0.3) is 0 Å². The predicted molar refractivity (Wildman–Crippen MR) is 84.4 cm³/mol. The van der Waals surface area contributed by atoms with E-state index in [2.05, 4.69) is 0 Å². The molecule has 4 heteroatoms. The van der Waals surface area contributed by atoms with Crippen molar-refractivity contribution in [3.05, 3.63) is 47.0 Å². The summed E-state index contributed by atoms with van der Waals surface area (Å²) in [6.07, 6.45) is 0.445. The number of rotatable bonds is 5. The summed E-state index contributed by atoms with van der Waals surface area (Å²) in [6, 6.07) is 11.5. The van der Waals surface area contributed by atoms with Crippen molar-refractivity contribution in [1.29, 1.82) is 0 Å². The zero-order valence-electron chi connectivity index (χ0n) is 12.3. The van der Waals surface area contributed by atoms with Gasteiger partial charge in [-0.2, -0.15) is 0 Å². The number of carbonyl (C=O) groups excluding carboxylic acids is 1. The van der Waals surface area contributed by atoms with Gasteiger partial charge < -0.3 is 9.47 Å². The molecule has 21 heavy (non-hydrogen) atoms. The second-order valence-electron chi connectivity index (χ2n) is 4.74. The summed E-state index contributed by atoms with van der Waals surface area (Å²) < 4.78 is 10.6. The van der Waals surface area contributed by atoms with E-state index in [1.165, 1.54) is 0 Å². The van der Waals surface area contributed by atoms with E-state index in [9.17, 15) is 4.79 Å². The van der Waals surface area contributed by atoms with Crippen molar-refractivity contribution >= 4 is 17.4 Å². The first kappa shape index (κ1) is 15.4. The number of benzene rings is 2. The van der Waals surface area contributed by atoms with Crippen molar-refractivity contribution in [2.45, 2.75) is 13.3 Å². The average molecular weight is 305 g/mol. The zero-order chi connectivity index (χ0) is 15.4. The Labute approximate surface area is 129 Å². The van der Waals surface area contributed by atoms with E-state index >= 15 is 0 Å². The standard InChI is InChI=1S/C17H17ClO3/c1-11(19)10-12-4-6-13(7-5-12)14-8-9-15(20-2)16(18)17(14)21-3/h4-9H,10H2,1-3H3. The molecule has 0 aliphatic rings. The third-order valence-corrected chi connectivity index (χ3v) is 3.56. The molecule has 2 aromatic carbocycles. The Kier molecular flexibility index (Phi) is 4.86. The summed E-state index contributed by atoms with van der Waals surface area (Å²) in [5, 5.41) is 0.449. The van der Waals surface area contributed by atoms with Crippen LogP contribution in [-0.2, 0) is 11.2 Å². The normalized spacial score (nSPS) is 10.3. The van der Waals surface area contributed by atoms with E-state index in [4.69, 9.17) is 21.1 Å². The summed E-state index contributed by atoms with van der Waals surface area (Å²) >= 11 is 6.27. The van der Waals surface area contributed by atoms with Crippen molar-refractivity contribution in [2.75, 3.05) is 14.2 Å².